The molecule has 0 saturated heterocycles. The van der Waals surface area contributed by atoms with Crippen molar-refractivity contribution in [2.75, 3.05) is 13.2 Å². The summed E-state index contributed by atoms with van der Waals surface area (Å²) in [6.45, 7) is 1.97. The molecule has 0 fully saturated rings. The molecule has 0 saturated carbocycles. The van der Waals surface area contributed by atoms with Crippen molar-refractivity contribution in [1.82, 2.24) is 10.6 Å². The van der Waals surface area contributed by atoms with E-state index in [1.165, 1.54) is 12.2 Å². The zero-order valence-electron chi connectivity index (χ0n) is 16.6. The molecule has 0 heterocycles. The van der Waals surface area contributed by atoms with Crippen LogP contribution in [0.4, 0.5) is 4.79 Å². The Morgan fingerprint density at radius 2 is 1.67 bits per heavy atom. The van der Waals surface area contributed by atoms with Gasteiger partial charge in [0.15, 0.2) is 0 Å². The van der Waals surface area contributed by atoms with Crippen molar-refractivity contribution in [3.63, 3.8) is 0 Å². The number of amides is 2. The standard InChI is InChI=1S/C23H24N2O5/c1-2-20(22(27)28)25-21(26)12-7-13-24-23(29)30-14-19-17-10-5-3-8-15(17)16-9-4-6-11-18(16)19/h3-12,19-20H,2,13-14H2,1H3,(H,24,29)(H,25,26)(H,27,28)/b12-7+/t20-/m0/s1. The van der Waals surface area contributed by atoms with Crippen LogP contribution in [0.1, 0.15) is 30.4 Å². The third kappa shape index (κ3) is 4.86. The van der Waals surface area contributed by atoms with Gasteiger partial charge in [-0.05, 0) is 28.7 Å². The van der Waals surface area contributed by atoms with E-state index in [9.17, 15) is 14.4 Å². The number of aliphatic carboxylic acids is 1. The Morgan fingerprint density at radius 1 is 1.07 bits per heavy atom. The Hall–Kier alpha value is -3.61. The second kappa shape index (κ2) is 9.73. The van der Waals surface area contributed by atoms with Crippen LogP contribution >= 0.6 is 0 Å². The molecule has 1 aliphatic carbocycles. The van der Waals surface area contributed by atoms with Crippen LogP contribution in [0.25, 0.3) is 11.1 Å². The zero-order valence-corrected chi connectivity index (χ0v) is 16.6. The summed E-state index contributed by atoms with van der Waals surface area (Å²) in [5, 5.41) is 13.8. The number of carboxylic acids is 1. The number of ether oxygens (including phenoxy) is 1. The van der Waals surface area contributed by atoms with E-state index in [0.29, 0.717) is 0 Å². The first-order valence-corrected chi connectivity index (χ1v) is 9.80. The van der Waals surface area contributed by atoms with Gasteiger partial charge in [-0.2, -0.15) is 0 Å². The molecule has 0 aliphatic heterocycles. The monoisotopic (exact) mass is 408 g/mol. The second-order valence-electron chi connectivity index (χ2n) is 6.92. The van der Waals surface area contributed by atoms with Crippen LogP contribution in [-0.4, -0.2) is 42.3 Å². The predicted octanol–water partition coefficient (Wildman–Crippen LogP) is 3.06. The van der Waals surface area contributed by atoms with Crippen molar-refractivity contribution in [1.29, 1.82) is 0 Å². The van der Waals surface area contributed by atoms with Crippen LogP contribution in [0.5, 0.6) is 0 Å². The Kier molecular flexibility index (Phi) is 6.85. The molecule has 0 bridgehead atoms. The summed E-state index contributed by atoms with van der Waals surface area (Å²) in [6.07, 6.45) is 2.33. The highest BCUT2D eigenvalue weighted by Crippen LogP contribution is 2.44. The quantitative estimate of drug-likeness (QED) is 0.583. The number of carbonyl (C=O) groups is 3. The summed E-state index contributed by atoms with van der Waals surface area (Å²) < 4.78 is 5.40. The van der Waals surface area contributed by atoms with Crippen LogP contribution in [0.3, 0.4) is 0 Å². The van der Waals surface area contributed by atoms with Crippen LogP contribution in [0.15, 0.2) is 60.7 Å². The highest BCUT2D eigenvalue weighted by molar-refractivity contribution is 5.91. The van der Waals surface area contributed by atoms with E-state index in [4.69, 9.17) is 9.84 Å². The van der Waals surface area contributed by atoms with Crippen LogP contribution < -0.4 is 10.6 Å². The van der Waals surface area contributed by atoms with Gasteiger partial charge >= 0.3 is 12.1 Å². The number of nitrogens with one attached hydrogen (secondary N) is 2. The molecule has 3 rings (SSSR count). The van der Waals surface area contributed by atoms with E-state index < -0.39 is 24.0 Å². The topological polar surface area (TPSA) is 105 Å². The second-order valence-corrected chi connectivity index (χ2v) is 6.92. The molecule has 3 N–H and O–H groups in total. The molecule has 0 radical (unpaired) electrons. The van der Waals surface area contributed by atoms with Crippen LogP contribution in [0, 0.1) is 0 Å². The summed E-state index contributed by atoms with van der Waals surface area (Å²) in [7, 11) is 0. The molecule has 2 aromatic rings. The van der Waals surface area contributed by atoms with Crippen molar-refractivity contribution in [2.24, 2.45) is 0 Å². The molecule has 0 unspecified atom stereocenters. The third-order valence-corrected chi connectivity index (χ3v) is 5.00. The van der Waals surface area contributed by atoms with Gasteiger partial charge in [-0.25, -0.2) is 9.59 Å². The number of carboxylic acid groups (broad SMARTS) is 1. The number of rotatable bonds is 8. The number of alkyl carbamates (subject to hydrolysis) is 1. The Balaban J connectivity index is 1.49. The molecular formula is C23H24N2O5. The Bertz CT molecular complexity index is 924. The summed E-state index contributed by atoms with van der Waals surface area (Å²) in [6, 6.07) is 15.2. The molecule has 7 heteroatoms. The fourth-order valence-corrected chi connectivity index (χ4v) is 3.52. The Labute approximate surface area is 174 Å². The molecule has 30 heavy (non-hydrogen) atoms. The fraction of sp³-hybridized carbons (Fsp3) is 0.261. The minimum absolute atomic E-state index is 0.0218. The molecule has 2 aromatic carbocycles. The van der Waals surface area contributed by atoms with E-state index in [-0.39, 0.29) is 25.5 Å². The van der Waals surface area contributed by atoms with Crippen molar-refractivity contribution in [2.45, 2.75) is 25.3 Å². The molecule has 1 aliphatic rings. The minimum atomic E-state index is -1.09. The van der Waals surface area contributed by atoms with Crippen molar-refractivity contribution in [3.05, 3.63) is 71.8 Å². The average Bonchev–Trinajstić information content (AvgIpc) is 3.07. The van der Waals surface area contributed by atoms with Gasteiger partial charge in [-0.1, -0.05) is 61.5 Å². The molecule has 0 spiro atoms. The highest BCUT2D eigenvalue weighted by Gasteiger charge is 2.28. The van der Waals surface area contributed by atoms with Gasteiger partial charge in [0.05, 0.1) is 0 Å². The lowest BCUT2D eigenvalue weighted by molar-refractivity contribution is -0.141. The van der Waals surface area contributed by atoms with Gasteiger partial charge in [-0.15, -0.1) is 0 Å². The van der Waals surface area contributed by atoms with Crippen molar-refractivity contribution >= 4 is 18.0 Å². The molecule has 2 amide bonds. The predicted molar refractivity (Wildman–Crippen MR) is 112 cm³/mol. The lowest BCUT2D eigenvalue weighted by Crippen LogP contribution is -2.39. The largest absolute Gasteiger partial charge is 0.480 e. The first kappa shape index (κ1) is 21.1. The van der Waals surface area contributed by atoms with Gasteiger partial charge in [0.2, 0.25) is 5.91 Å². The fourth-order valence-electron chi connectivity index (χ4n) is 3.52. The van der Waals surface area contributed by atoms with Gasteiger partial charge in [-0.3, -0.25) is 4.79 Å². The number of hydrogen-bond acceptors (Lipinski definition) is 4. The summed E-state index contributed by atoms with van der Waals surface area (Å²) in [5.41, 5.74) is 4.57. The normalized spacial score (nSPS) is 13.4. The molecule has 156 valence electrons. The SMILES string of the molecule is CC[C@H](NC(=O)/C=C/CNC(=O)OCC1c2ccccc2-c2ccccc21)C(=O)O. The average molecular weight is 408 g/mol. The lowest BCUT2D eigenvalue weighted by Gasteiger charge is -2.14. The highest BCUT2D eigenvalue weighted by atomic mass is 16.5. The first-order chi connectivity index (χ1) is 14.5. The van der Waals surface area contributed by atoms with Gasteiger partial charge in [0.25, 0.3) is 0 Å². The molecule has 7 nitrogen and oxygen atoms in total. The summed E-state index contributed by atoms with van der Waals surface area (Å²) in [5.74, 6) is -1.64. The Morgan fingerprint density at radius 3 is 2.23 bits per heavy atom. The minimum Gasteiger partial charge on any atom is -0.480 e. The number of benzene rings is 2. The van der Waals surface area contributed by atoms with Gasteiger partial charge in [0, 0.05) is 18.5 Å². The summed E-state index contributed by atoms with van der Waals surface area (Å²) >= 11 is 0. The summed E-state index contributed by atoms with van der Waals surface area (Å²) in [4.78, 5) is 34.6. The van der Waals surface area contributed by atoms with E-state index in [1.807, 2.05) is 36.4 Å². The van der Waals surface area contributed by atoms with Gasteiger partial charge < -0.3 is 20.5 Å². The van der Waals surface area contributed by atoms with Crippen LogP contribution in [-0.2, 0) is 14.3 Å². The van der Waals surface area contributed by atoms with Gasteiger partial charge in [0.1, 0.15) is 12.6 Å². The number of carbonyl (C=O) groups excluding carboxylic acids is 2. The molecule has 1 atom stereocenters. The maximum atomic E-state index is 12.0. The van der Waals surface area contributed by atoms with Crippen molar-refractivity contribution < 1.29 is 24.2 Å². The van der Waals surface area contributed by atoms with Crippen molar-refractivity contribution in [3.8, 4) is 11.1 Å². The lowest BCUT2D eigenvalue weighted by atomic mass is 9.98. The smallest absolute Gasteiger partial charge is 0.407 e. The third-order valence-electron chi connectivity index (χ3n) is 5.00. The first-order valence-electron chi connectivity index (χ1n) is 9.80. The molecule has 0 aromatic heterocycles. The van der Waals surface area contributed by atoms with E-state index in [0.717, 1.165) is 22.3 Å². The van der Waals surface area contributed by atoms with E-state index in [2.05, 4.69) is 22.8 Å². The number of fused-ring (bicyclic) bond motifs is 3. The van der Waals surface area contributed by atoms with E-state index >= 15 is 0 Å². The molecular weight excluding hydrogens is 384 g/mol. The maximum Gasteiger partial charge on any atom is 0.407 e. The van der Waals surface area contributed by atoms with E-state index in [1.54, 1.807) is 6.92 Å². The zero-order chi connectivity index (χ0) is 21.5. The van der Waals surface area contributed by atoms with Crippen LogP contribution in [0.2, 0.25) is 0 Å². The maximum absolute atomic E-state index is 12.0. The number of hydrogen-bond donors (Lipinski definition) is 3.